The number of nitrogens with zero attached hydrogens (tertiary/aromatic N) is 1. The molecule has 1 atom stereocenters. The van der Waals surface area contributed by atoms with Gasteiger partial charge in [-0.1, -0.05) is 44.2 Å². The molecule has 26 heavy (non-hydrogen) atoms. The van der Waals surface area contributed by atoms with Crippen molar-refractivity contribution in [3.8, 4) is 0 Å². The third-order valence-electron chi connectivity index (χ3n) is 4.34. The average Bonchev–Trinajstić information content (AvgIpc) is 2.67. The van der Waals surface area contributed by atoms with Crippen molar-refractivity contribution >= 4 is 17.5 Å². The fraction of sp³-hybridized carbons (Fsp3) is 0.333. The average molecular weight is 353 g/mol. The van der Waals surface area contributed by atoms with Crippen LogP contribution in [-0.2, 0) is 4.79 Å². The first-order valence-electron chi connectivity index (χ1n) is 9.01. The summed E-state index contributed by atoms with van der Waals surface area (Å²) in [5.41, 5.74) is 2.31. The minimum absolute atomic E-state index is 0.0522. The Morgan fingerprint density at radius 2 is 1.58 bits per heavy atom. The molecule has 0 aliphatic rings. The van der Waals surface area contributed by atoms with Crippen molar-refractivity contribution in [2.75, 3.05) is 25.0 Å². The highest BCUT2D eigenvalue weighted by molar-refractivity contribution is 5.96. The van der Waals surface area contributed by atoms with E-state index in [1.807, 2.05) is 56.0 Å². The van der Waals surface area contributed by atoms with Crippen molar-refractivity contribution in [3.05, 3.63) is 65.7 Å². The van der Waals surface area contributed by atoms with Crippen LogP contribution in [0.1, 0.15) is 42.7 Å². The van der Waals surface area contributed by atoms with E-state index in [0.717, 1.165) is 18.7 Å². The molecular weight excluding hydrogens is 326 g/mol. The van der Waals surface area contributed by atoms with Gasteiger partial charge in [-0.05, 0) is 49.8 Å². The highest BCUT2D eigenvalue weighted by Gasteiger charge is 2.12. The molecule has 2 amide bonds. The summed E-state index contributed by atoms with van der Waals surface area (Å²) in [6.45, 7) is 8.05. The zero-order chi connectivity index (χ0) is 18.9. The Bertz CT molecular complexity index is 710. The normalized spacial score (nSPS) is 11.8. The van der Waals surface area contributed by atoms with Crippen LogP contribution >= 0.6 is 0 Å². The Morgan fingerprint density at radius 1 is 0.962 bits per heavy atom. The monoisotopic (exact) mass is 353 g/mol. The second kappa shape index (κ2) is 9.73. The number of likely N-dealkylation sites (N-methyl/N-ethyl adjacent to an activating group) is 1. The van der Waals surface area contributed by atoms with Crippen LogP contribution in [0.25, 0.3) is 0 Å². The Labute approximate surface area is 155 Å². The first-order valence-corrected chi connectivity index (χ1v) is 9.01. The Morgan fingerprint density at radius 3 is 2.15 bits per heavy atom. The molecule has 0 fully saturated rings. The number of hydrogen-bond donors (Lipinski definition) is 2. The van der Waals surface area contributed by atoms with Crippen LogP contribution in [0.15, 0.2) is 54.6 Å². The van der Waals surface area contributed by atoms with Gasteiger partial charge in [0.05, 0.1) is 12.6 Å². The largest absolute Gasteiger partial charge is 0.346 e. The zero-order valence-electron chi connectivity index (χ0n) is 15.7. The van der Waals surface area contributed by atoms with E-state index in [9.17, 15) is 9.59 Å². The lowest BCUT2D eigenvalue weighted by atomic mass is 10.1. The summed E-state index contributed by atoms with van der Waals surface area (Å²) < 4.78 is 0. The van der Waals surface area contributed by atoms with Gasteiger partial charge in [0.1, 0.15) is 0 Å². The van der Waals surface area contributed by atoms with E-state index in [1.165, 1.54) is 0 Å². The number of anilines is 1. The molecule has 0 aromatic heterocycles. The van der Waals surface area contributed by atoms with Gasteiger partial charge in [-0.2, -0.15) is 0 Å². The Balaban J connectivity index is 1.92. The van der Waals surface area contributed by atoms with E-state index in [4.69, 9.17) is 0 Å². The van der Waals surface area contributed by atoms with E-state index in [0.29, 0.717) is 17.8 Å². The summed E-state index contributed by atoms with van der Waals surface area (Å²) in [7, 11) is 0. The maximum Gasteiger partial charge on any atom is 0.251 e. The first-order chi connectivity index (χ1) is 12.5. The predicted molar refractivity (Wildman–Crippen MR) is 105 cm³/mol. The summed E-state index contributed by atoms with van der Waals surface area (Å²) >= 11 is 0. The topological polar surface area (TPSA) is 61.4 Å². The van der Waals surface area contributed by atoms with Gasteiger partial charge in [0.25, 0.3) is 5.91 Å². The number of carbonyl (C=O) groups excluding carboxylic acids is 2. The quantitative estimate of drug-likeness (QED) is 0.764. The SMILES string of the molecule is CCN(CC)CC(=O)Nc1ccc(C(=O)NC(C)c2ccccc2)cc1. The van der Waals surface area contributed by atoms with Gasteiger partial charge in [0.15, 0.2) is 0 Å². The van der Waals surface area contributed by atoms with Crippen LogP contribution in [0, 0.1) is 0 Å². The van der Waals surface area contributed by atoms with Gasteiger partial charge in [0, 0.05) is 11.3 Å². The lowest BCUT2D eigenvalue weighted by Gasteiger charge is -2.17. The van der Waals surface area contributed by atoms with Crippen LogP contribution in [0.4, 0.5) is 5.69 Å². The molecule has 0 aliphatic heterocycles. The second-order valence-corrected chi connectivity index (χ2v) is 6.19. The van der Waals surface area contributed by atoms with Crippen LogP contribution in [0.3, 0.4) is 0 Å². The number of hydrogen-bond acceptors (Lipinski definition) is 3. The summed E-state index contributed by atoms with van der Waals surface area (Å²) in [6, 6.07) is 16.7. The van der Waals surface area contributed by atoms with Crippen LogP contribution in [-0.4, -0.2) is 36.3 Å². The molecule has 1 unspecified atom stereocenters. The smallest absolute Gasteiger partial charge is 0.251 e. The minimum atomic E-state index is -0.137. The highest BCUT2D eigenvalue weighted by atomic mass is 16.2. The van der Waals surface area contributed by atoms with Crippen molar-refractivity contribution in [1.29, 1.82) is 0 Å². The molecular formula is C21H27N3O2. The van der Waals surface area contributed by atoms with Crippen molar-refractivity contribution in [2.24, 2.45) is 0 Å². The predicted octanol–water partition coefficient (Wildman–Crippen LogP) is 3.46. The standard InChI is InChI=1S/C21H27N3O2/c1-4-24(5-2)15-20(25)23-19-13-11-18(12-14-19)21(26)22-16(3)17-9-7-6-8-10-17/h6-14,16H,4-5,15H2,1-3H3,(H,22,26)(H,23,25). The number of nitrogens with one attached hydrogen (secondary N) is 2. The second-order valence-electron chi connectivity index (χ2n) is 6.19. The molecule has 0 saturated carbocycles. The van der Waals surface area contributed by atoms with E-state index >= 15 is 0 Å². The summed E-state index contributed by atoms with van der Waals surface area (Å²) in [5, 5.41) is 5.84. The van der Waals surface area contributed by atoms with Crippen LogP contribution in [0.2, 0.25) is 0 Å². The highest BCUT2D eigenvalue weighted by Crippen LogP contribution is 2.14. The number of carbonyl (C=O) groups is 2. The molecule has 2 rings (SSSR count). The fourth-order valence-corrected chi connectivity index (χ4v) is 2.66. The molecule has 0 bridgehead atoms. The third-order valence-corrected chi connectivity index (χ3v) is 4.34. The summed E-state index contributed by atoms with van der Waals surface area (Å²) in [4.78, 5) is 26.5. The fourth-order valence-electron chi connectivity index (χ4n) is 2.66. The maximum absolute atomic E-state index is 12.4. The lowest BCUT2D eigenvalue weighted by molar-refractivity contribution is -0.117. The number of rotatable bonds is 8. The third kappa shape index (κ3) is 5.70. The van der Waals surface area contributed by atoms with E-state index in [-0.39, 0.29) is 17.9 Å². The summed E-state index contributed by atoms with van der Waals surface area (Å²) in [5.74, 6) is -0.189. The maximum atomic E-state index is 12.4. The molecule has 138 valence electrons. The van der Waals surface area contributed by atoms with Crippen LogP contribution in [0.5, 0.6) is 0 Å². The molecule has 5 nitrogen and oxygen atoms in total. The van der Waals surface area contributed by atoms with Crippen molar-refractivity contribution < 1.29 is 9.59 Å². The molecule has 0 aliphatic carbocycles. The molecule has 2 aromatic rings. The minimum Gasteiger partial charge on any atom is -0.346 e. The van der Waals surface area contributed by atoms with Gasteiger partial charge in [-0.3, -0.25) is 14.5 Å². The van der Waals surface area contributed by atoms with Gasteiger partial charge < -0.3 is 10.6 Å². The molecule has 0 radical (unpaired) electrons. The molecule has 0 spiro atoms. The molecule has 0 saturated heterocycles. The summed E-state index contributed by atoms with van der Waals surface area (Å²) in [6.07, 6.45) is 0. The lowest BCUT2D eigenvalue weighted by Crippen LogP contribution is -2.32. The number of benzene rings is 2. The van der Waals surface area contributed by atoms with Gasteiger partial charge in [-0.25, -0.2) is 0 Å². The molecule has 5 heteroatoms. The van der Waals surface area contributed by atoms with Crippen LogP contribution < -0.4 is 10.6 Å². The molecule has 0 heterocycles. The van der Waals surface area contributed by atoms with Gasteiger partial charge in [-0.15, -0.1) is 0 Å². The van der Waals surface area contributed by atoms with E-state index in [1.54, 1.807) is 24.3 Å². The van der Waals surface area contributed by atoms with E-state index < -0.39 is 0 Å². The van der Waals surface area contributed by atoms with Gasteiger partial charge >= 0.3 is 0 Å². The Kier molecular flexibility index (Phi) is 7.36. The van der Waals surface area contributed by atoms with Gasteiger partial charge in [0.2, 0.25) is 5.91 Å². The van der Waals surface area contributed by atoms with Crippen molar-refractivity contribution in [3.63, 3.8) is 0 Å². The van der Waals surface area contributed by atoms with Crippen molar-refractivity contribution in [1.82, 2.24) is 10.2 Å². The number of amides is 2. The Hall–Kier alpha value is -2.66. The first kappa shape index (κ1) is 19.7. The molecule has 2 N–H and O–H groups in total. The zero-order valence-corrected chi connectivity index (χ0v) is 15.7. The molecule has 2 aromatic carbocycles. The van der Waals surface area contributed by atoms with E-state index in [2.05, 4.69) is 10.6 Å². The van der Waals surface area contributed by atoms with Crippen molar-refractivity contribution in [2.45, 2.75) is 26.8 Å².